The van der Waals surface area contributed by atoms with E-state index < -0.39 is 6.04 Å². The molecule has 158 valence electrons. The minimum Gasteiger partial charge on any atom is -0.353 e. The highest BCUT2D eigenvalue weighted by atomic mass is 19.1. The molecule has 1 aromatic rings. The normalized spacial score (nSPS) is 31.0. The molecule has 4 aliphatic rings. The average Bonchev–Trinajstić information content (AvgIpc) is 2.65. The van der Waals surface area contributed by atoms with Crippen LogP contribution in [-0.4, -0.2) is 49.9 Å². The van der Waals surface area contributed by atoms with Crippen LogP contribution in [-0.2, 0) is 4.79 Å². The maximum atomic E-state index is 13.3. The summed E-state index contributed by atoms with van der Waals surface area (Å²) < 4.78 is 13.3. The Bertz CT molecular complexity index is 727. The molecule has 1 aromatic carbocycles. The molecule has 0 aliphatic heterocycles. The molecule has 0 radical (unpaired) electrons. The summed E-state index contributed by atoms with van der Waals surface area (Å²) in [4.78, 5) is 28.2. The standard InChI is InChI=1S/C23H32FN3O2/c1-27(2)8-7-25-22(29)20(26-21(28)18-3-5-19(24)6-4-18)23-12-15-9-16(13-23)11-17(10-15)14-23/h3-6,15-17,20H,7-14H2,1-2H3,(H,25,29)(H,26,28). The summed E-state index contributed by atoms with van der Waals surface area (Å²) in [6.07, 6.45) is 6.90. The molecular weight excluding hydrogens is 369 g/mol. The van der Waals surface area contributed by atoms with Gasteiger partial charge in [-0.05, 0) is 94.6 Å². The third-order valence-electron chi connectivity index (χ3n) is 7.20. The fraction of sp³-hybridized carbons (Fsp3) is 0.652. The van der Waals surface area contributed by atoms with Crippen LogP contribution < -0.4 is 10.6 Å². The first kappa shape index (κ1) is 20.3. The average molecular weight is 402 g/mol. The van der Waals surface area contributed by atoms with E-state index in [2.05, 4.69) is 10.6 Å². The molecule has 1 unspecified atom stereocenters. The highest BCUT2D eigenvalue weighted by molar-refractivity contribution is 5.97. The quantitative estimate of drug-likeness (QED) is 0.739. The lowest BCUT2D eigenvalue weighted by atomic mass is 9.47. The fourth-order valence-electron chi connectivity index (χ4n) is 6.35. The Hall–Kier alpha value is -1.95. The molecule has 2 amide bonds. The highest BCUT2D eigenvalue weighted by Crippen LogP contribution is 2.61. The maximum Gasteiger partial charge on any atom is 0.251 e. The summed E-state index contributed by atoms with van der Waals surface area (Å²) in [5.74, 6) is 1.29. The van der Waals surface area contributed by atoms with Gasteiger partial charge in [0, 0.05) is 24.1 Å². The van der Waals surface area contributed by atoms with Gasteiger partial charge in [-0.1, -0.05) is 0 Å². The molecule has 2 N–H and O–H groups in total. The predicted molar refractivity (Wildman–Crippen MR) is 110 cm³/mol. The number of rotatable bonds is 7. The van der Waals surface area contributed by atoms with Crippen molar-refractivity contribution in [1.29, 1.82) is 0 Å². The Balaban J connectivity index is 1.55. The van der Waals surface area contributed by atoms with Gasteiger partial charge >= 0.3 is 0 Å². The van der Waals surface area contributed by atoms with Crippen molar-refractivity contribution in [2.45, 2.75) is 44.6 Å². The van der Waals surface area contributed by atoms with Crippen molar-refractivity contribution < 1.29 is 14.0 Å². The third-order valence-corrected chi connectivity index (χ3v) is 7.20. The molecule has 5 rings (SSSR count). The van der Waals surface area contributed by atoms with Gasteiger partial charge in [-0.25, -0.2) is 4.39 Å². The van der Waals surface area contributed by atoms with Crippen molar-refractivity contribution in [2.24, 2.45) is 23.2 Å². The van der Waals surface area contributed by atoms with Crippen LogP contribution in [0.5, 0.6) is 0 Å². The van der Waals surface area contributed by atoms with Gasteiger partial charge in [-0.3, -0.25) is 9.59 Å². The topological polar surface area (TPSA) is 61.4 Å². The van der Waals surface area contributed by atoms with Crippen LogP contribution in [0.25, 0.3) is 0 Å². The lowest BCUT2D eigenvalue weighted by Crippen LogP contribution is -2.62. The molecule has 0 saturated heterocycles. The number of halogens is 1. The minimum atomic E-state index is -0.532. The zero-order chi connectivity index (χ0) is 20.6. The second kappa shape index (κ2) is 8.05. The van der Waals surface area contributed by atoms with Gasteiger partial charge in [0.15, 0.2) is 0 Å². The van der Waals surface area contributed by atoms with Crippen LogP contribution in [0.3, 0.4) is 0 Å². The summed E-state index contributed by atoms with van der Waals surface area (Å²) in [7, 11) is 3.94. The van der Waals surface area contributed by atoms with Crippen molar-refractivity contribution in [3.63, 3.8) is 0 Å². The summed E-state index contributed by atoms with van der Waals surface area (Å²) in [6.45, 7) is 1.31. The summed E-state index contributed by atoms with van der Waals surface area (Å²) in [5, 5.41) is 6.11. The van der Waals surface area contributed by atoms with Crippen LogP contribution in [0.2, 0.25) is 0 Å². The second-order valence-corrected chi connectivity index (χ2v) is 9.79. The first-order valence-corrected chi connectivity index (χ1v) is 10.8. The Kier molecular flexibility index (Phi) is 5.65. The van der Waals surface area contributed by atoms with Crippen LogP contribution in [0, 0.1) is 29.0 Å². The maximum absolute atomic E-state index is 13.3. The minimum absolute atomic E-state index is 0.0794. The number of amides is 2. The van der Waals surface area contributed by atoms with Gasteiger partial charge in [0.25, 0.3) is 5.91 Å². The molecule has 5 nitrogen and oxygen atoms in total. The molecule has 6 heteroatoms. The molecule has 4 aliphatic carbocycles. The van der Waals surface area contributed by atoms with Crippen LogP contribution in [0.15, 0.2) is 24.3 Å². The van der Waals surface area contributed by atoms with Crippen molar-refractivity contribution in [2.75, 3.05) is 27.2 Å². The molecule has 0 heterocycles. The smallest absolute Gasteiger partial charge is 0.251 e. The zero-order valence-electron chi connectivity index (χ0n) is 17.4. The number of nitrogens with one attached hydrogen (secondary N) is 2. The van der Waals surface area contributed by atoms with Crippen molar-refractivity contribution in [3.8, 4) is 0 Å². The molecule has 4 saturated carbocycles. The van der Waals surface area contributed by atoms with E-state index in [0.717, 1.165) is 25.8 Å². The van der Waals surface area contributed by atoms with Gasteiger partial charge in [0.1, 0.15) is 11.9 Å². The summed E-state index contributed by atoms with van der Waals surface area (Å²) in [6, 6.07) is 4.99. The number of nitrogens with zero attached hydrogens (tertiary/aromatic N) is 1. The van der Waals surface area contributed by atoms with Crippen LogP contribution in [0.1, 0.15) is 48.9 Å². The van der Waals surface area contributed by atoms with Gasteiger partial charge in [0.2, 0.25) is 5.91 Å². The van der Waals surface area contributed by atoms with Gasteiger partial charge in [0.05, 0.1) is 0 Å². The van der Waals surface area contributed by atoms with E-state index >= 15 is 0 Å². The Morgan fingerprint density at radius 1 is 1.07 bits per heavy atom. The predicted octanol–water partition coefficient (Wildman–Crippen LogP) is 2.82. The van der Waals surface area contributed by atoms with Gasteiger partial charge in [-0.15, -0.1) is 0 Å². The number of likely N-dealkylation sites (N-methyl/N-ethyl adjacent to an activating group) is 1. The molecule has 0 aromatic heterocycles. The van der Waals surface area contributed by atoms with Crippen molar-refractivity contribution in [1.82, 2.24) is 15.5 Å². The number of benzene rings is 1. The Labute approximate surface area is 172 Å². The molecule has 29 heavy (non-hydrogen) atoms. The number of carbonyl (C=O) groups excluding carboxylic acids is 2. The van der Waals surface area contributed by atoms with Crippen LogP contribution in [0.4, 0.5) is 4.39 Å². The lowest BCUT2D eigenvalue weighted by Gasteiger charge is -2.59. The fourth-order valence-corrected chi connectivity index (χ4v) is 6.35. The third kappa shape index (κ3) is 4.32. The summed E-state index contributed by atoms with van der Waals surface area (Å²) in [5.41, 5.74) is 0.245. The Morgan fingerprint density at radius 2 is 1.62 bits per heavy atom. The van der Waals surface area contributed by atoms with E-state index in [9.17, 15) is 14.0 Å². The Morgan fingerprint density at radius 3 is 2.14 bits per heavy atom. The van der Waals surface area contributed by atoms with Gasteiger partial charge < -0.3 is 15.5 Å². The first-order valence-electron chi connectivity index (χ1n) is 10.8. The second-order valence-electron chi connectivity index (χ2n) is 9.79. The summed E-state index contributed by atoms with van der Waals surface area (Å²) >= 11 is 0. The SMILES string of the molecule is CN(C)CCNC(=O)C(NC(=O)c1ccc(F)cc1)C12CC3CC(CC(C3)C1)C2. The lowest BCUT2D eigenvalue weighted by molar-refractivity contribution is -0.134. The van der Waals surface area contributed by atoms with Crippen molar-refractivity contribution >= 4 is 11.8 Å². The monoisotopic (exact) mass is 401 g/mol. The largest absolute Gasteiger partial charge is 0.353 e. The zero-order valence-corrected chi connectivity index (χ0v) is 17.4. The first-order chi connectivity index (χ1) is 13.8. The highest BCUT2D eigenvalue weighted by Gasteiger charge is 2.56. The van der Waals surface area contributed by atoms with E-state index in [1.807, 2.05) is 19.0 Å². The molecule has 1 atom stereocenters. The number of carbonyl (C=O) groups is 2. The van der Waals surface area contributed by atoms with Gasteiger partial charge in [-0.2, -0.15) is 0 Å². The number of hydrogen-bond donors (Lipinski definition) is 2. The molecule has 4 fully saturated rings. The van der Waals surface area contributed by atoms with E-state index in [4.69, 9.17) is 0 Å². The van der Waals surface area contributed by atoms with E-state index in [-0.39, 0.29) is 23.0 Å². The van der Waals surface area contributed by atoms with E-state index in [0.29, 0.717) is 29.9 Å². The van der Waals surface area contributed by atoms with Crippen LogP contribution >= 0.6 is 0 Å². The molecular formula is C23H32FN3O2. The van der Waals surface area contributed by atoms with E-state index in [1.165, 1.54) is 43.5 Å². The molecule has 0 spiro atoms. The van der Waals surface area contributed by atoms with E-state index in [1.54, 1.807) is 0 Å². The number of hydrogen-bond acceptors (Lipinski definition) is 3. The van der Waals surface area contributed by atoms with Crippen molar-refractivity contribution in [3.05, 3.63) is 35.6 Å². The molecule has 4 bridgehead atoms.